The maximum atomic E-state index is 11.7. The van der Waals surface area contributed by atoms with Crippen LogP contribution in [0.5, 0.6) is 0 Å². The molecule has 5 N–H and O–H groups in total. The van der Waals surface area contributed by atoms with E-state index in [2.05, 4.69) is 4.72 Å². The number of thioether (sulfide) groups is 1. The maximum absolute atomic E-state index is 11.7. The molecule has 0 aromatic heterocycles. The molecule has 1 aromatic rings. The minimum absolute atomic E-state index is 0.108. The van der Waals surface area contributed by atoms with Crippen LogP contribution in [0.15, 0.2) is 29.2 Å². The fourth-order valence-electron chi connectivity index (χ4n) is 1.26. The Kier molecular flexibility index (Phi) is 5.64. The van der Waals surface area contributed by atoms with E-state index in [-0.39, 0.29) is 5.75 Å². The number of nitrogen functional groups attached to an aromatic ring is 1. The van der Waals surface area contributed by atoms with Gasteiger partial charge in [-0.05, 0) is 19.1 Å². The molecule has 0 aliphatic carbocycles. The van der Waals surface area contributed by atoms with Crippen molar-refractivity contribution < 1.29 is 13.2 Å². The number of rotatable bonds is 7. The predicted octanol–water partition coefficient (Wildman–Crippen LogP) is 0.154. The number of para-hydroxylation sites is 1. The summed E-state index contributed by atoms with van der Waals surface area (Å²) in [6.07, 6.45) is 0. The molecule has 1 amide bonds. The fourth-order valence-corrected chi connectivity index (χ4v) is 3.87. The van der Waals surface area contributed by atoms with E-state index in [4.69, 9.17) is 11.5 Å². The summed E-state index contributed by atoms with van der Waals surface area (Å²) >= 11 is 1.35. The lowest BCUT2D eigenvalue weighted by atomic mass is 10.3. The van der Waals surface area contributed by atoms with Crippen LogP contribution in [0.4, 0.5) is 5.69 Å². The standard InChI is InChI=1S/C11H17N3O3S2/c1-8(11(13)15)14-19(16,17)7-6-18-10-5-3-2-4-9(10)12/h2-5,8,14H,6-7,12H2,1H3,(H2,13,15). The van der Waals surface area contributed by atoms with E-state index in [9.17, 15) is 13.2 Å². The molecule has 0 heterocycles. The molecule has 0 aliphatic rings. The lowest BCUT2D eigenvalue weighted by Crippen LogP contribution is -2.43. The van der Waals surface area contributed by atoms with Gasteiger partial charge in [0.1, 0.15) is 0 Å². The largest absolute Gasteiger partial charge is 0.398 e. The third-order valence-electron chi connectivity index (χ3n) is 2.31. The van der Waals surface area contributed by atoms with Crippen molar-refractivity contribution in [2.24, 2.45) is 5.73 Å². The molecule has 1 rings (SSSR count). The molecule has 0 spiro atoms. The van der Waals surface area contributed by atoms with Crippen LogP contribution in [0.3, 0.4) is 0 Å². The van der Waals surface area contributed by atoms with Gasteiger partial charge >= 0.3 is 0 Å². The summed E-state index contributed by atoms with van der Waals surface area (Å²) in [5, 5.41) is 0. The molecular formula is C11H17N3O3S2. The van der Waals surface area contributed by atoms with Crippen LogP contribution in [-0.2, 0) is 14.8 Å². The summed E-state index contributed by atoms with van der Waals surface area (Å²) in [6, 6.07) is 6.32. The van der Waals surface area contributed by atoms with Gasteiger partial charge in [-0.15, -0.1) is 11.8 Å². The Morgan fingerprint density at radius 3 is 2.63 bits per heavy atom. The predicted molar refractivity (Wildman–Crippen MR) is 77.2 cm³/mol. The summed E-state index contributed by atoms with van der Waals surface area (Å²) < 4.78 is 25.5. The van der Waals surface area contributed by atoms with Gasteiger partial charge in [-0.25, -0.2) is 13.1 Å². The molecule has 0 saturated carbocycles. The molecule has 1 unspecified atom stereocenters. The Balaban J connectivity index is 2.49. The monoisotopic (exact) mass is 303 g/mol. The van der Waals surface area contributed by atoms with Gasteiger partial charge in [0.25, 0.3) is 0 Å². The van der Waals surface area contributed by atoms with Crippen molar-refractivity contribution in [2.45, 2.75) is 17.9 Å². The molecule has 19 heavy (non-hydrogen) atoms. The zero-order valence-electron chi connectivity index (χ0n) is 10.5. The average Bonchev–Trinajstić information content (AvgIpc) is 2.30. The molecule has 106 valence electrons. The normalized spacial score (nSPS) is 13.1. The van der Waals surface area contributed by atoms with Crippen LogP contribution in [0.2, 0.25) is 0 Å². The molecular weight excluding hydrogens is 286 g/mol. The van der Waals surface area contributed by atoms with Crippen molar-refractivity contribution >= 4 is 33.4 Å². The van der Waals surface area contributed by atoms with Gasteiger partial charge in [-0.3, -0.25) is 4.79 Å². The molecule has 0 fully saturated rings. The highest BCUT2D eigenvalue weighted by atomic mass is 32.2. The number of hydrogen-bond acceptors (Lipinski definition) is 5. The quantitative estimate of drug-likeness (QED) is 0.490. The number of primary amides is 1. The molecule has 0 saturated heterocycles. The van der Waals surface area contributed by atoms with Crippen LogP contribution >= 0.6 is 11.8 Å². The summed E-state index contributed by atoms with van der Waals surface area (Å²) in [5.41, 5.74) is 11.4. The lowest BCUT2D eigenvalue weighted by Gasteiger charge is -2.11. The number of nitrogens with one attached hydrogen (secondary N) is 1. The zero-order chi connectivity index (χ0) is 14.5. The van der Waals surface area contributed by atoms with Crippen LogP contribution in [0, 0.1) is 0 Å². The van der Waals surface area contributed by atoms with E-state index in [1.807, 2.05) is 18.2 Å². The topological polar surface area (TPSA) is 115 Å². The second kappa shape index (κ2) is 6.78. The highest BCUT2D eigenvalue weighted by Crippen LogP contribution is 2.24. The Labute approximate surface area is 117 Å². The number of amides is 1. The first-order valence-electron chi connectivity index (χ1n) is 5.58. The van der Waals surface area contributed by atoms with Gasteiger partial charge < -0.3 is 11.5 Å². The Morgan fingerprint density at radius 1 is 1.42 bits per heavy atom. The van der Waals surface area contributed by atoms with Gasteiger partial charge in [-0.2, -0.15) is 0 Å². The Morgan fingerprint density at radius 2 is 2.05 bits per heavy atom. The van der Waals surface area contributed by atoms with Crippen molar-refractivity contribution in [3.8, 4) is 0 Å². The van der Waals surface area contributed by atoms with Crippen molar-refractivity contribution in [1.82, 2.24) is 4.72 Å². The number of sulfonamides is 1. The van der Waals surface area contributed by atoms with Crippen molar-refractivity contribution in [2.75, 3.05) is 17.2 Å². The summed E-state index contributed by atoms with van der Waals surface area (Å²) in [4.78, 5) is 11.6. The van der Waals surface area contributed by atoms with Crippen LogP contribution < -0.4 is 16.2 Å². The molecule has 0 radical (unpaired) electrons. The van der Waals surface area contributed by atoms with Gasteiger partial charge in [0.05, 0.1) is 11.8 Å². The third kappa shape index (κ3) is 5.50. The Bertz CT molecular complexity index is 546. The maximum Gasteiger partial charge on any atom is 0.235 e. The number of anilines is 1. The Hall–Kier alpha value is -1.25. The number of hydrogen-bond donors (Lipinski definition) is 3. The number of carbonyl (C=O) groups is 1. The van der Waals surface area contributed by atoms with E-state index in [0.29, 0.717) is 11.4 Å². The second-order valence-electron chi connectivity index (χ2n) is 3.95. The summed E-state index contributed by atoms with van der Waals surface area (Å²) in [6.45, 7) is 1.40. The van der Waals surface area contributed by atoms with E-state index in [1.54, 1.807) is 6.07 Å². The van der Waals surface area contributed by atoms with Crippen molar-refractivity contribution in [1.29, 1.82) is 0 Å². The lowest BCUT2D eigenvalue weighted by molar-refractivity contribution is -0.119. The second-order valence-corrected chi connectivity index (χ2v) is 6.96. The SMILES string of the molecule is CC(NS(=O)(=O)CCSc1ccccc1N)C(N)=O. The molecule has 8 heteroatoms. The average molecular weight is 303 g/mol. The van der Waals surface area contributed by atoms with Crippen LogP contribution in [0.25, 0.3) is 0 Å². The van der Waals surface area contributed by atoms with E-state index in [0.717, 1.165) is 4.90 Å². The molecule has 1 aromatic carbocycles. The third-order valence-corrected chi connectivity index (χ3v) is 5.12. The van der Waals surface area contributed by atoms with Gasteiger partial charge in [-0.1, -0.05) is 12.1 Å². The molecule has 6 nitrogen and oxygen atoms in total. The van der Waals surface area contributed by atoms with Crippen LogP contribution in [-0.4, -0.2) is 31.9 Å². The molecule has 0 aliphatic heterocycles. The van der Waals surface area contributed by atoms with E-state index < -0.39 is 22.0 Å². The van der Waals surface area contributed by atoms with Gasteiger partial charge in [0.15, 0.2) is 0 Å². The van der Waals surface area contributed by atoms with Gasteiger partial charge in [0.2, 0.25) is 15.9 Å². The smallest absolute Gasteiger partial charge is 0.235 e. The highest BCUT2D eigenvalue weighted by molar-refractivity contribution is 8.00. The number of nitrogens with two attached hydrogens (primary N) is 2. The summed E-state index contributed by atoms with van der Waals surface area (Å²) in [7, 11) is -3.52. The zero-order valence-corrected chi connectivity index (χ0v) is 12.1. The first-order valence-corrected chi connectivity index (χ1v) is 8.22. The number of carbonyl (C=O) groups excluding carboxylic acids is 1. The van der Waals surface area contributed by atoms with Crippen molar-refractivity contribution in [3.05, 3.63) is 24.3 Å². The first kappa shape index (κ1) is 15.8. The highest BCUT2D eigenvalue weighted by Gasteiger charge is 2.17. The van der Waals surface area contributed by atoms with Crippen molar-refractivity contribution in [3.63, 3.8) is 0 Å². The van der Waals surface area contributed by atoms with Gasteiger partial charge in [0, 0.05) is 16.3 Å². The van der Waals surface area contributed by atoms with Crippen LogP contribution in [0.1, 0.15) is 6.92 Å². The van der Waals surface area contributed by atoms with E-state index in [1.165, 1.54) is 18.7 Å². The van der Waals surface area contributed by atoms with E-state index >= 15 is 0 Å². The fraction of sp³-hybridized carbons (Fsp3) is 0.364. The summed E-state index contributed by atoms with van der Waals surface area (Å²) in [5.74, 6) is -0.470. The first-order chi connectivity index (χ1) is 8.82. The molecule has 1 atom stereocenters. The minimum atomic E-state index is -3.52. The minimum Gasteiger partial charge on any atom is -0.398 e. The number of benzene rings is 1. The molecule has 0 bridgehead atoms.